The summed E-state index contributed by atoms with van der Waals surface area (Å²) in [7, 11) is -4.69. The molecule has 1 unspecified atom stereocenters. The number of aryl methyl sites for hydroxylation is 1. The molecule has 0 bridgehead atoms. The number of hydrogen-bond donors (Lipinski definition) is 1. The second-order valence-electron chi connectivity index (χ2n) is 6.74. The number of amides is 2. The standard InChI is InChI=1S/C20H20F2N2O4S/c1-2-13-3-7-16(8-4-13)24-12-14(11-18(24)25)19(26)23-15-5-9-17(10-6-15)29(27,28)20(21)22/h3-10,14,20H,2,11-12H2,1H3,(H,23,26). The van der Waals surface area contributed by atoms with E-state index in [9.17, 15) is 26.8 Å². The van der Waals surface area contributed by atoms with Crippen molar-refractivity contribution in [2.45, 2.75) is 30.4 Å². The summed E-state index contributed by atoms with van der Waals surface area (Å²) in [6.45, 7) is 2.26. The molecule has 1 atom stereocenters. The molecule has 0 aromatic heterocycles. The van der Waals surface area contributed by atoms with Crippen LogP contribution in [0.2, 0.25) is 0 Å². The molecule has 0 spiro atoms. The minimum atomic E-state index is -4.69. The van der Waals surface area contributed by atoms with Gasteiger partial charge in [-0.1, -0.05) is 19.1 Å². The van der Waals surface area contributed by atoms with Gasteiger partial charge in [0.2, 0.25) is 21.7 Å². The lowest BCUT2D eigenvalue weighted by molar-refractivity contribution is -0.122. The number of nitrogens with one attached hydrogen (secondary N) is 1. The highest BCUT2D eigenvalue weighted by Gasteiger charge is 2.35. The molecule has 0 radical (unpaired) electrons. The molecule has 9 heteroatoms. The lowest BCUT2D eigenvalue weighted by atomic mass is 10.1. The van der Waals surface area contributed by atoms with E-state index < -0.39 is 32.3 Å². The Labute approximate surface area is 167 Å². The van der Waals surface area contributed by atoms with Crippen LogP contribution in [0, 0.1) is 5.92 Å². The average molecular weight is 422 g/mol. The fourth-order valence-corrected chi connectivity index (χ4v) is 3.84. The predicted octanol–water partition coefficient (Wildman–Crippen LogP) is 3.24. The van der Waals surface area contributed by atoms with Gasteiger partial charge in [-0.3, -0.25) is 9.59 Å². The van der Waals surface area contributed by atoms with E-state index in [0.717, 1.165) is 29.8 Å². The first-order valence-corrected chi connectivity index (χ1v) is 10.6. The molecule has 154 valence electrons. The third kappa shape index (κ3) is 4.45. The number of halogens is 2. The van der Waals surface area contributed by atoms with Crippen molar-refractivity contribution >= 4 is 33.0 Å². The number of rotatable bonds is 6. The first-order chi connectivity index (χ1) is 13.7. The molecular weight excluding hydrogens is 402 g/mol. The van der Waals surface area contributed by atoms with Crippen molar-refractivity contribution in [2.75, 3.05) is 16.8 Å². The molecule has 1 fully saturated rings. The summed E-state index contributed by atoms with van der Waals surface area (Å²) < 4.78 is 48.0. The first-order valence-electron chi connectivity index (χ1n) is 9.04. The van der Waals surface area contributed by atoms with E-state index in [-0.39, 0.29) is 24.6 Å². The van der Waals surface area contributed by atoms with Crippen molar-refractivity contribution in [2.24, 2.45) is 5.92 Å². The SMILES string of the molecule is CCc1ccc(N2CC(C(=O)Nc3ccc(S(=O)(=O)C(F)F)cc3)CC2=O)cc1. The number of hydrogen-bond acceptors (Lipinski definition) is 4. The van der Waals surface area contributed by atoms with Crippen LogP contribution in [0.1, 0.15) is 18.9 Å². The maximum absolute atomic E-state index is 12.6. The predicted molar refractivity (Wildman–Crippen MR) is 105 cm³/mol. The summed E-state index contributed by atoms with van der Waals surface area (Å²) in [6.07, 6.45) is 0.940. The fraction of sp³-hybridized carbons (Fsp3) is 0.300. The van der Waals surface area contributed by atoms with E-state index in [0.29, 0.717) is 0 Å². The molecule has 1 heterocycles. The van der Waals surface area contributed by atoms with Crippen LogP contribution < -0.4 is 10.2 Å². The van der Waals surface area contributed by atoms with Crippen LogP contribution in [0.5, 0.6) is 0 Å². The lowest BCUT2D eigenvalue weighted by Crippen LogP contribution is -2.28. The van der Waals surface area contributed by atoms with Gasteiger partial charge >= 0.3 is 5.76 Å². The Morgan fingerprint density at radius 2 is 1.76 bits per heavy atom. The van der Waals surface area contributed by atoms with Crippen LogP contribution in [0.4, 0.5) is 20.2 Å². The highest BCUT2D eigenvalue weighted by Crippen LogP contribution is 2.27. The van der Waals surface area contributed by atoms with Gasteiger partial charge in [-0.05, 0) is 48.4 Å². The van der Waals surface area contributed by atoms with Crippen molar-refractivity contribution in [3.63, 3.8) is 0 Å². The number of benzene rings is 2. The molecule has 1 N–H and O–H groups in total. The average Bonchev–Trinajstić information content (AvgIpc) is 3.10. The fourth-order valence-electron chi connectivity index (χ4n) is 3.12. The molecule has 1 aliphatic rings. The normalized spacial score (nSPS) is 17.0. The second kappa shape index (κ2) is 8.28. The summed E-state index contributed by atoms with van der Waals surface area (Å²) in [4.78, 5) is 25.9. The zero-order valence-corrected chi connectivity index (χ0v) is 16.5. The molecule has 2 aromatic carbocycles. The van der Waals surface area contributed by atoms with Gasteiger partial charge in [-0.15, -0.1) is 0 Å². The minimum absolute atomic E-state index is 0.0548. The smallest absolute Gasteiger partial charge is 0.326 e. The summed E-state index contributed by atoms with van der Waals surface area (Å²) in [5.41, 5.74) is 2.14. The Kier molecular flexibility index (Phi) is 5.97. The zero-order valence-electron chi connectivity index (χ0n) is 15.6. The lowest BCUT2D eigenvalue weighted by Gasteiger charge is -2.17. The van der Waals surface area contributed by atoms with Gasteiger partial charge in [0.25, 0.3) is 0 Å². The molecule has 6 nitrogen and oxygen atoms in total. The van der Waals surface area contributed by atoms with Crippen LogP contribution in [0.15, 0.2) is 53.4 Å². The van der Waals surface area contributed by atoms with E-state index in [1.807, 2.05) is 31.2 Å². The summed E-state index contributed by atoms with van der Waals surface area (Å²) >= 11 is 0. The van der Waals surface area contributed by atoms with Crippen molar-refractivity contribution in [3.05, 3.63) is 54.1 Å². The number of carbonyl (C=O) groups excluding carboxylic acids is 2. The summed E-state index contributed by atoms with van der Waals surface area (Å²) in [6, 6.07) is 12.1. The quantitative estimate of drug-likeness (QED) is 0.775. The Morgan fingerprint density at radius 1 is 1.14 bits per heavy atom. The molecule has 1 saturated heterocycles. The number of nitrogens with zero attached hydrogens (tertiary/aromatic N) is 1. The zero-order chi connectivity index (χ0) is 21.2. The van der Waals surface area contributed by atoms with Gasteiger partial charge in [-0.2, -0.15) is 8.78 Å². The van der Waals surface area contributed by atoms with E-state index in [1.165, 1.54) is 12.1 Å². The summed E-state index contributed by atoms with van der Waals surface area (Å²) in [5, 5.41) is 2.60. The van der Waals surface area contributed by atoms with Gasteiger partial charge in [0.1, 0.15) is 0 Å². The Balaban J connectivity index is 1.66. The Hall–Kier alpha value is -2.81. The van der Waals surface area contributed by atoms with Gasteiger partial charge in [0.15, 0.2) is 0 Å². The van der Waals surface area contributed by atoms with Gasteiger partial charge in [-0.25, -0.2) is 8.42 Å². The van der Waals surface area contributed by atoms with Gasteiger partial charge in [0.05, 0.1) is 10.8 Å². The highest BCUT2D eigenvalue weighted by atomic mass is 32.2. The van der Waals surface area contributed by atoms with E-state index >= 15 is 0 Å². The largest absolute Gasteiger partial charge is 0.341 e. The maximum atomic E-state index is 12.6. The molecule has 3 rings (SSSR count). The Bertz CT molecular complexity index is 1010. The summed E-state index contributed by atoms with van der Waals surface area (Å²) in [5.74, 6) is -4.63. The van der Waals surface area contributed by atoms with Crippen LogP contribution in [0.25, 0.3) is 0 Å². The minimum Gasteiger partial charge on any atom is -0.326 e. The number of anilines is 2. The van der Waals surface area contributed by atoms with E-state index in [4.69, 9.17) is 0 Å². The third-order valence-corrected chi connectivity index (χ3v) is 6.24. The van der Waals surface area contributed by atoms with Crippen LogP contribution in [0.3, 0.4) is 0 Å². The molecule has 0 aliphatic carbocycles. The molecular formula is C20H20F2N2O4S. The van der Waals surface area contributed by atoms with Crippen molar-refractivity contribution in [1.82, 2.24) is 0 Å². The van der Waals surface area contributed by atoms with Crippen molar-refractivity contribution < 1.29 is 26.8 Å². The molecule has 2 aromatic rings. The van der Waals surface area contributed by atoms with Gasteiger partial charge < -0.3 is 10.2 Å². The Morgan fingerprint density at radius 3 is 2.31 bits per heavy atom. The first kappa shape index (κ1) is 20.9. The van der Waals surface area contributed by atoms with Crippen LogP contribution in [-0.4, -0.2) is 32.5 Å². The molecule has 2 amide bonds. The van der Waals surface area contributed by atoms with E-state index in [2.05, 4.69) is 5.32 Å². The van der Waals surface area contributed by atoms with Crippen LogP contribution >= 0.6 is 0 Å². The molecule has 1 aliphatic heterocycles. The van der Waals surface area contributed by atoms with Crippen LogP contribution in [-0.2, 0) is 25.8 Å². The highest BCUT2D eigenvalue weighted by molar-refractivity contribution is 7.91. The topological polar surface area (TPSA) is 83.6 Å². The third-order valence-electron chi connectivity index (χ3n) is 4.84. The van der Waals surface area contributed by atoms with Crippen molar-refractivity contribution in [3.8, 4) is 0 Å². The molecule has 0 saturated carbocycles. The number of alkyl halides is 2. The maximum Gasteiger partial charge on any atom is 0.341 e. The number of carbonyl (C=O) groups is 2. The second-order valence-corrected chi connectivity index (χ2v) is 8.66. The van der Waals surface area contributed by atoms with Gasteiger partial charge in [0, 0.05) is 24.3 Å². The van der Waals surface area contributed by atoms with Crippen molar-refractivity contribution in [1.29, 1.82) is 0 Å². The number of sulfone groups is 1. The molecule has 29 heavy (non-hydrogen) atoms. The monoisotopic (exact) mass is 422 g/mol. The van der Waals surface area contributed by atoms with E-state index in [1.54, 1.807) is 4.90 Å².